The van der Waals surface area contributed by atoms with Crippen LogP contribution in [0.4, 0.5) is 4.39 Å². The molecule has 0 saturated heterocycles. The van der Waals surface area contributed by atoms with Gasteiger partial charge in [0.15, 0.2) is 5.11 Å². The second-order valence-electron chi connectivity index (χ2n) is 3.28. The fourth-order valence-electron chi connectivity index (χ4n) is 1.08. The van der Waals surface area contributed by atoms with Crippen molar-refractivity contribution in [2.24, 2.45) is 5.10 Å². The van der Waals surface area contributed by atoms with Crippen LogP contribution in [0.15, 0.2) is 27.8 Å². The first-order valence-corrected chi connectivity index (χ1v) is 6.34. The molecule has 1 aromatic rings. The summed E-state index contributed by atoms with van der Waals surface area (Å²) in [7, 11) is 1.60. The molecular formula is C11H13BrFN3OS. The number of methoxy groups -OCH3 is 1. The highest BCUT2D eigenvalue weighted by Gasteiger charge is 1.99. The van der Waals surface area contributed by atoms with Gasteiger partial charge in [0, 0.05) is 23.7 Å². The Hall–Kier alpha value is -1.05. The van der Waals surface area contributed by atoms with Gasteiger partial charge < -0.3 is 10.1 Å². The van der Waals surface area contributed by atoms with Crippen LogP contribution in [0.2, 0.25) is 0 Å². The fourth-order valence-corrected chi connectivity index (χ4v) is 1.61. The lowest BCUT2D eigenvalue weighted by Crippen LogP contribution is -2.34. The van der Waals surface area contributed by atoms with Crippen molar-refractivity contribution in [2.75, 3.05) is 20.3 Å². The number of thiocarbonyl (C=S) groups is 1. The minimum absolute atomic E-state index is 0.345. The molecule has 0 atom stereocenters. The number of halogens is 2. The van der Waals surface area contributed by atoms with Crippen LogP contribution < -0.4 is 10.7 Å². The first-order chi connectivity index (χ1) is 8.63. The van der Waals surface area contributed by atoms with Crippen molar-refractivity contribution in [3.8, 4) is 0 Å². The van der Waals surface area contributed by atoms with Gasteiger partial charge in [0.25, 0.3) is 0 Å². The lowest BCUT2D eigenvalue weighted by molar-refractivity contribution is 0.204. The van der Waals surface area contributed by atoms with E-state index in [1.165, 1.54) is 12.3 Å². The number of hydrazone groups is 1. The predicted molar refractivity (Wildman–Crippen MR) is 77.3 cm³/mol. The third-order valence-electron chi connectivity index (χ3n) is 1.92. The highest BCUT2D eigenvalue weighted by Crippen LogP contribution is 2.13. The van der Waals surface area contributed by atoms with Crippen molar-refractivity contribution in [3.05, 3.63) is 34.1 Å². The smallest absolute Gasteiger partial charge is 0.187 e. The summed E-state index contributed by atoms with van der Waals surface area (Å²) in [6, 6.07) is 4.61. The van der Waals surface area contributed by atoms with Gasteiger partial charge in [-0.05, 0) is 30.4 Å². The zero-order valence-electron chi connectivity index (χ0n) is 9.74. The minimum atomic E-state index is -0.345. The Labute approximate surface area is 119 Å². The number of ether oxygens (including phenoxy) is 1. The normalized spacial score (nSPS) is 10.6. The van der Waals surface area contributed by atoms with Gasteiger partial charge in [0.2, 0.25) is 0 Å². The maximum Gasteiger partial charge on any atom is 0.187 e. The maximum absolute atomic E-state index is 13.3. The van der Waals surface area contributed by atoms with E-state index in [1.807, 2.05) is 0 Å². The third kappa shape index (κ3) is 5.52. The third-order valence-corrected chi connectivity index (χ3v) is 2.65. The van der Waals surface area contributed by atoms with Gasteiger partial charge >= 0.3 is 0 Å². The van der Waals surface area contributed by atoms with Crippen molar-refractivity contribution in [3.63, 3.8) is 0 Å². The lowest BCUT2D eigenvalue weighted by Gasteiger charge is -2.05. The number of nitrogens with one attached hydrogen (secondary N) is 2. The first-order valence-electron chi connectivity index (χ1n) is 5.14. The van der Waals surface area contributed by atoms with Crippen LogP contribution in [-0.2, 0) is 4.74 Å². The molecular weight excluding hydrogens is 321 g/mol. The summed E-state index contributed by atoms with van der Waals surface area (Å²) in [6.45, 7) is 1.13. The summed E-state index contributed by atoms with van der Waals surface area (Å²) in [5.74, 6) is -0.345. The predicted octanol–water partition coefficient (Wildman–Crippen LogP) is 2.03. The van der Waals surface area contributed by atoms with E-state index in [2.05, 4.69) is 31.8 Å². The Balaban J connectivity index is 2.44. The van der Waals surface area contributed by atoms with Crippen LogP contribution in [0.25, 0.3) is 0 Å². The molecule has 0 aliphatic rings. The van der Waals surface area contributed by atoms with E-state index in [0.29, 0.717) is 23.8 Å². The molecule has 0 aliphatic heterocycles. The topological polar surface area (TPSA) is 45.6 Å². The van der Waals surface area contributed by atoms with Gasteiger partial charge in [-0.15, -0.1) is 0 Å². The maximum atomic E-state index is 13.3. The van der Waals surface area contributed by atoms with E-state index in [1.54, 1.807) is 19.2 Å². The monoisotopic (exact) mass is 333 g/mol. The Bertz CT molecular complexity index is 442. The second kappa shape index (κ2) is 8.12. The van der Waals surface area contributed by atoms with Crippen molar-refractivity contribution in [1.29, 1.82) is 0 Å². The van der Waals surface area contributed by atoms with E-state index in [-0.39, 0.29) is 5.82 Å². The summed E-state index contributed by atoms with van der Waals surface area (Å²) < 4.78 is 19.0. The fraction of sp³-hybridized carbons (Fsp3) is 0.273. The second-order valence-corrected chi connectivity index (χ2v) is 4.61. The van der Waals surface area contributed by atoms with Crippen LogP contribution >= 0.6 is 28.1 Å². The molecule has 7 heteroatoms. The van der Waals surface area contributed by atoms with Gasteiger partial charge in [-0.1, -0.05) is 15.9 Å². The van der Waals surface area contributed by atoms with Crippen molar-refractivity contribution >= 4 is 39.5 Å². The molecule has 0 heterocycles. The molecule has 0 fully saturated rings. The molecule has 0 aromatic heterocycles. The Morgan fingerprint density at radius 1 is 1.61 bits per heavy atom. The molecule has 0 bridgehead atoms. The van der Waals surface area contributed by atoms with Gasteiger partial charge in [-0.2, -0.15) is 5.10 Å². The van der Waals surface area contributed by atoms with Gasteiger partial charge in [-0.25, -0.2) is 4.39 Å². The van der Waals surface area contributed by atoms with E-state index in [0.717, 1.165) is 4.47 Å². The quantitative estimate of drug-likeness (QED) is 0.374. The van der Waals surface area contributed by atoms with Crippen LogP contribution in [0, 0.1) is 5.82 Å². The summed E-state index contributed by atoms with van der Waals surface area (Å²) in [5, 5.41) is 7.08. The molecule has 2 N–H and O–H groups in total. The van der Waals surface area contributed by atoms with Crippen LogP contribution in [0.3, 0.4) is 0 Å². The highest BCUT2D eigenvalue weighted by molar-refractivity contribution is 9.10. The van der Waals surface area contributed by atoms with Crippen molar-refractivity contribution in [1.82, 2.24) is 10.7 Å². The lowest BCUT2D eigenvalue weighted by atomic mass is 10.2. The molecule has 98 valence electrons. The standard InChI is InChI=1S/C11H13BrFN3OS/c1-17-5-4-14-11(18)16-15-7-8-6-9(12)2-3-10(8)13/h2-3,6-7H,4-5H2,1H3,(H2,14,16,18)/b15-7-. The van der Waals surface area contributed by atoms with Crippen LogP contribution in [0.5, 0.6) is 0 Å². The average molecular weight is 334 g/mol. The van der Waals surface area contributed by atoms with Gasteiger partial charge in [0.05, 0.1) is 12.8 Å². The Morgan fingerprint density at radius 2 is 2.39 bits per heavy atom. The van der Waals surface area contributed by atoms with Gasteiger partial charge in [-0.3, -0.25) is 5.43 Å². The molecule has 0 saturated carbocycles. The highest BCUT2D eigenvalue weighted by atomic mass is 79.9. The van der Waals surface area contributed by atoms with Crippen LogP contribution in [0.1, 0.15) is 5.56 Å². The first kappa shape index (κ1) is 15.0. The molecule has 1 rings (SSSR count). The summed E-state index contributed by atoms with van der Waals surface area (Å²) in [6.07, 6.45) is 1.37. The zero-order chi connectivity index (χ0) is 13.4. The zero-order valence-corrected chi connectivity index (χ0v) is 12.1. The Morgan fingerprint density at radius 3 is 3.11 bits per heavy atom. The number of benzene rings is 1. The molecule has 0 unspecified atom stereocenters. The number of hydrogen-bond acceptors (Lipinski definition) is 3. The van der Waals surface area contributed by atoms with Crippen molar-refractivity contribution in [2.45, 2.75) is 0 Å². The van der Waals surface area contributed by atoms with Crippen molar-refractivity contribution < 1.29 is 9.13 Å². The molecule has 0 aliphatic carbocycles. The van der Waals surface area contributed by atoms with Crippen LogP contribution in [-0.4, -0.2) is 31.6 Å². The molecule has 0 radical (unpaired) electrons. The summed E-state index contributed by atoms with van der Waals surface area (Å²) in [4.78, 5) is 0. The molecule has 18 heavy (non-hydrogen) atoms. The Kier molecular flexibility index (Phi) is 6.77. The number of nitrogens with zero attached hydrogens (tertiary/aromatic N) is 1. The van der Waals surface area contributed by atoms with E-state index in [4.69, 9.17) is 17.0 Å². The molecule has 0 amide bonds. The van der Waals surface area contributed by atoms with E-state index >= 15 is 0 Å². The SMILES string of the molecule is COCCNC(=S)N/N=C\c1cc(Br)ccc1F. The molecule has 0 spiro atoms. The summed E-state index contributed by atoms with van der Waals surface area (Å²) >= 11 is 8.21. The number of rotatable bonds is 5. The molecule has 4 nitrogen and oxygen atoms in total. The van der Waals surface area contributed by atoms with E-state index in [9.17, 15) is 4.39 Å². The average Bonchev–Trinajstić information content (AvgIpc) is 2.34. The summed E-state index contributed by atoms with van der Waals surface area (Å²) in [5.41, 5.74) is 2.96. The van der Waals surface area contributed by atoms with E-state index < -0.39 is 0 Å². The molecule has 1 aromatic carbocycles. The van der Waals surface area contributed by atoms with Gasteiger partial charge in [0.1, 0.15) is 5.82 Å². The number of hydrogen-bond donors (Lipinski definition) is 2. The largest absolute Gasteiger partial charge is 0.383 e. The minimum Gasteiger partial charge on any atom is -0.383 e.